The maximum absolute atomic E-state index is 2.40. The van der Waals surface area contributed by atoms with Crippen LogP contribution >= 0.6 is 0 Å². The minimum Gasteiger partial charge on any atom is -0.0764 e. The predicted molar refractivity (Wildman–Crippen MR) is 109 cm³/mol. The number of rotatable bonds is 5. The van der Waals surface area contributed by atoms with E-state index in [2.05, 4.69) is 86.7 Å². The van der Waals surface area contributed by atoms with Crippen LogP contribution in [0.25, 0.3) is 17.2 Å². The van der Waals surface area contributed by atoms with Gasteiger partial charge in [-0.15, -0.1) is 0 Å². The van der Waals surface area contributed by atoms with E-state index in [0.29, 0.717) is 5.92 Å². The average molecular weight is 326 g/mol. The summed E-state index contributed by atoms with van der Waals surface area (Å²) in [7, 11) is 0. The summed E-state index contributed by atoms with van der Waals surface area (Å²) in [5.74, 6) is 1.39. The molecule has 0 aliphatic heterocycles. The van der Waals surface area contributed by atoms with Crippen LogP contribution in [-0.2, 0) is 0 Å². The van der Waals surface area contributed by atoms with Crippen molar-refractivity contribution in [1.82, 2.24) is 0 Å². The third-order valence-electron chi connectivity index (χ3n) is 5.40. The zero-order valence-corrected chi connectivity index (χ0v) is 15.2. The zero-order chi connectivity index (χ0) is 17.2. The topological polar surface area (TPSA) is 0 Å². The Bertz CT molecular complexity index is 847. The summed E-state index contributed by atoms with van der Waals surface area (Å²) in [4.78, 5) is 0. The molecule has 0 spiro atoms. The molecule has 4 rings (SSSR count). The predicted octanol–water partition coefficient (Wildman–Crippen LogP) is 7.10. The van der Waals surface area contributed by atoms with Gasteiger partial charge in [-0.2, -0.15) is 0 Å². The van der Waals surface area contributed by atoms with Gasteiger partial charge in [0, 0.05) is 5.92 Å². The fraction of sp³-hybridized carbons (Fsp3) is 0.280. The summed E-state index contributed by atoms with van der Waals surface area (Å²) in [6.45, 7) is 4.62. The molecule has 0 nitrogen and oxygen atoms in total. The van der Waals surface area contributed by atoms with Gasteiger partial charge >= 0.3 is 0 Å². The highest BCUT2D eigenvalue weighted by Gasteiger charge is 2.19. The van der Waals surface area contributed by atoms with E-state index >= 15 is 0 Å². The molecular weight excluding hydrogens is 300 g/mol. The molecule has 2 aliphatic carbocycles. The first-order chi connectivity index (χ1) is 12.2. The lowest BCUT2D eigenvalue weighted by Gasteiger charge is -2.13. The molecule has 0 bridgehead atoms. The molecule has 2 aromatic carbocycles. The monoisotopic (exact) mass is 326 g/mol. The summed E-state index contributed by atoms with van der Waals surface area (Å²) in [6, 6.07) is 17.7. The van der Waals surface area contributed by atoms with Crippen molar-refractivity contribution in [3.8, 4) is 0 Å². The molecule has 0 aromatic heterocycles. The van der Waals surface area contributed by atoms with Crippen LogP contribution < -0.4 is 0 Å². The molecule has 0 amide bonds. The number of benzene rings is 2. The van der Waals surface area contributed by atoms with Crippen LogP contribution in [0, 0.1) is 5.92 Å². The second kappa shape index (κ2) is 6.88. The number of fused-ring (bicyclic) bond motifs is 1. The zero-order valence-electron chi connectivity index (χ0n) is 15.2. The maximum atomic E-state index is 2.40. The Morgan fingerprint density at radius 1 is 1.00 bits per heavy atom. The lowest BCUT2D eigenvalue weighted by molar-refractivity contribution is 0.536. The number of hydrogen-bond acceptors (Lipinski definition) is 0. The van der Waals surface area contributed by atoms with E-state index in [1.807, 2.05) is 0 Å². The van der Waals surface area contributed by atoms with Gasteiger partial charge < -0.3 is 0 Å². The molecule has 0 heterocycles. The van der Waals surface area contributed by atoms with Crippen molar-refractivity contribution in [2.45, 2.75) is 39.0 Å². The molecule has 2 aromatic rings. The molecule has 126 valence electrons. The van der Waals surface area contributed by atoms with E-state index in [-0.39, 0.29) is 0 Å². The fourth-order valence-electron chi connectivity index (χ4n) is 3.90. The third kappa shape index (κ3) is 3.39. The van der Waals surface area contributed by atoms with Gasteiger partial charge in [0.1, 0.15) is 0 Å². The van der Waals surface area contributed by atoms with Crippen LogP contribution in [0.2, 0.25) is 0 Å². The van der Waals surface area contributed by atoms with Crippen molar-refractivity contribution < 1.29 is 0 Å². The Labute approximate surface area is 151 Å². The first-order valence-corrected chi connectivity index (χ1v) is 9.49. The number of allylic oxidation sites excluding steroid dienone is 5. The highest BCUT2D eigenvalue weighted by molar-refractivity contribution is 5.89. The van der Waals surface area contributed by atoms with Gasteiger partial charge in [0.15, 0.2) is 0 Å². The summed E-state index contributed by atoms with van der Waals surface area (Å²) < 4.78 is 0. The number of hydrogen-bond donors (Lipinski definition) is 0. The highest BCUT2D eigenvalue weighted by atomic mass is 14.2. The lowest BCUT2D eigenvalue weighted by atomic mass is 9.91. The Kier molecular flexibility index (Phi) is 4.44. The average Bonchev–Trinajstić information content (AvgIpc) is 3.27. The molecule has 0 N–H and O–H groups in total. The van der Waals surface area contributed by atoms with Crippen LogP contribution in [0.4, 0.5) is 0 Å². The van der Waals surface area contributed by atoms with Crippen molar-refractivity contribution in [3.63, 3.8) is 0 Å². The molecule has 0 radical (unpaired) electrons. The Hall–Kier alpha value is -2.34. The van der Waals surface area contributed by atoms with Gasteiger partial charge in [0.25, 0.3) is 0 Å². The van der Waals surface area contributed by atoms with Gasteiger partial charge in [0.2, 0.25) is 0 Å². The second-order valence-electron chi connectivity index (χ2n) is 7.68. The Balaban J connectivity index is 1.53. The minimum atomic E-state index is 0.613. The standard InChI is InChI=1S/C25H26/c1-18(2)8-9-20-10-13-24-17-23(14-15-25(20)24)22-12-11-21(16-22)19-6-4-3-5-7-19/h3-7,10-11,13-18,20H,8-9,12H2,1-2H3. The van der Waals surface area contributed by atoms with Gasteiger partial charge in [-0.1, -0.05) is 87.0 Å². The summed E-state index contributed by atoms with van der Waals surface area (Å²) >= 11 is 0. The Morgan fingerprint density at radius 3 is 2.64 bits per heavy atom. The largest absolute Gasteiger partial charge is 0.0764 e. The fourth-order valence-corrected chi connectivity index (χ4v) is 3.90. The SMILES string of the molecule is CC(C)CCC1C=Cc2cc(C3=CC(c4ccccc4)=CC3)ccc21. The van der Waals surface area contributed by atoms with Gasteiger partial charge in [-0.05, 0) is 58.2 Å². The van der Waals surface area contributed by atoms with E-state index in [1.54, 1.807) is 0 Å². The van der Waals surface area contributed by atoms with E-state index in [9.17, 15) is 0 Å². The van der Waals surface area contributed by atoms with Gasteiger partial charge in [-0.25, -0.2) is 0 Å². The molecule has 2 aliphatic rings. The van der Waals surface area contributed by atoms with Crippen molar-refractivity contribution in [1.29, 1.82) is 0 Å². The van der Waals surface area contributed by atoms with E-state index < -0.39 is 0 Å². The quantitative estimate of drug-likeness (QED) is 0.549. The van der Waals surface area contributed by atoms with Crippen molar-refractivity contribution in [3.05, 3.63) is 89.0 Å². The van der Waals surface area contributed by atoms with E-state index in [1.165, 1.54) is 46.2 Å². The Morgan fingerprint density at radius 2 is 1.84 bits per heavy atom. The molecule has 25 heavy (non-hydrogen) atoms. The van der Waals surface area contributed by atoms with Crippen LogP contribution in [0.1, 0.15) is 61.3 Å². The first kappa shape index (κ1) is 16.1. The maximum Gasteiger partial charge on any atom is 0.00273 e. The lowest BCUT2D eigenvalue weighted by Crippen LogP contribution is -1.97. The summed E-state index contributed by atoms with van der Waals surface area (Å²) in [5, 5.41) is 0. The van der Waals surface area contributed by atoms with Gasteiger partial charge in [-0.3, -0.25) is 0 Å². The minimum absolute atomic E-state index is 0.613. The molecule has 1 unspecified atom stereocenters. The molecule has 0 fully saturated rings. The molecule has 0 saturated carbocycles. The van der Waals surface area contributed by atoms with Gasteiger partial charge in [0.05, 0.1) is 0 Å². The van der Waals surface area contributed by atoms with Crippen LogP contribution in [0.3, 0.4) is 0 Å². The van der Waals surface area contributed by atoms with Crippen molar-refractivity contribution in [2.24, 2.45) is 5.92 Å². The van der Waals surface area contributed by atoms with Crippen molar-refractivity contribution in [2.75, 3.05) is 0 Å². The smallest absolute Gasteiger partial charge is 0.00273 e. The summed E-state index contributed by atoms with van der Waals surface area (Å²) in [5.41, 5.74) is 8.39. The van der Waals surface area contributed by atoms with Crippen LogP contribution in [-0.4, -0.2) is 0 Å². The summed E-state index contributed by atoms with van der Waals surface area (Å²) in [6.07, 6.45) is 13.0. The molecule has 0 saturated heterocycles. The first-order valence-electron chi connectivity index (χ1n) is 9.49. The highest BCUT2D eigenvalue weighted by Crippen LogP contribution is 2.38. The third-order valence-corrected chi connectivity index (χ3v) is 5.40. The van der Waals surface area contributed by atoms with E-state index in [0.717, 1.165) is 12.3 Å². The molecule has 0 heteroatoms. The van der Waals surface area contributed by atoms with Crippen LogP contribution in [0.5, 0.6) is 0 Å². The molecular formula is C25H26. The van der Waals surface area contributed by atoms with Crippen LogP contribution in [0.15, 0.2) is 66.8 Å². The second-order valence-corrected chi connectivity index (χ2v) is 7.68. The van der Waals surface area contributed by atoms with E-state index in [4.69, 9.17) is 0 Å². The normalized spacial score (nSPS) is 18.4. The van der Waals surface area contributed by atoms with Crippen molar-refractivity contribution >= 4 is 17.2 Å². The molecule has 1 atom stereocenters.